The van der Waals surface area contributed by atoms with Crippen LogP contribution < -0.4 is 10.6 Å². The van der Waals surface area contributed by atoms with Gasteiger partial charge in [-0.2, -0.15) is 0 Å². The van der Waals surface area contributed by atoms with Gasteiger partial charge in [0.05, 0.1) is 0 Å². The molecule has 3 nitrogen and oxygen atoms in total. The summed E-state index contributed by atoms with van der Waals surface area (Å²) in [5, 5.41) is 7.83. The van der Waals surface area contributed by atoms with Crippen LogP contribution >= 0.6 is 0 Å². The minimum Gasteiger partial charge on any atom is -0.313 e. The van der Waals surface area contributed by atoms with E-state index in [-0.39, 0.29) is 0 Å². The standard InChI is InChI=1S/C11H24N3/c1-10(2)13-8-9-14(3)11-4-6-12-7-5-11/h10-11,13H,4-9H2,1-3H3. The monoisotopic (exact) mass is 198 g/mol. The first-order valence-electron chi connectivity index (χ1n) is 5.77. The van der Waals surface area contributed by atoms with Gasteiger partial charge in [0.1, 0.15) is 0 Å². The fraction of sp³-hybridized carbons (Fsp3) is 1.00. The number of hydrogen-bond acceptors (Lipinski definition) is 2. The Balaban J connectivity index is 2.10. The highest BCUT2D eigenvalue weighted by molar-refractivity contribution is 4.75. The van der Waals surface area contributed by atoms with E-state index in [2.05, 4.69) is 36.4 Å². The van der Waals surface area contributed by atoms with Crippen LogP contribution in [-0.4, -0.2) is 50.2 Å². The molecule has 1 radical (unpaired) electrons. The van der Waals surface area contributed by atoms with Gasteiger partial charge in [-0.3, -0.25) is 0 Å². The van der Waals surface area contributed by atoms with E-state index in [1.54, 1.807) is 0 Å². The third-order valence-corrected chi connectivity index (χ3v) is 2.88. The molecule has 0 aromatic carbocycles. The van der Waals surface area contributed by atoms with Crippen molar-refractivity contribution >= 4 is 0 Å². The first kappa shape index (κ1) is 12.0. The SMILES string of the molecule is CC(C)NCCN(C)C1CC[N]CC1. The van der Waals surface area contributed by atoms with Crippen LogP contribution in [0.3, 0.4) is 0 Å². The maximum absolute atomic E-state index is 4.38. The van der Waals surface area contributed by atoms with Crippen molar-refractivity contribution in [3.8, 4) is 0 Å². The summed E-state index contributed by atoms with van der Waals surface area (Å²) < 4.78 is 0. The Morgan fingerprint density at radius 3 is 2.57 bits per heavy atom. The van der Waals surface area contributed by atoms with Crippen molar-refractivity contribution in [1.82, 2.24) is 15.5 Å². The number of nitrogens with zero attached hydrogens (tertiary/aromatic N) is 2. The fourth-order valence-corrected chi connectivity index (χ4v) is 1.89. The van der Waals surface area contributed by atoms with Crippen LogP contribution in [0.4, 0.5) is 0 Å². The lowest BCUT2D eigenvalue weighted by molar-refractivity contribution is 0.197. The molecule has 1 rings (SSSR count). The van der Waals surface area contributed by atoms with Gasteiger partial charge in [0.15, 0.2) is 0 Å². The van der Waals surface area contributed by atoms with Crippen LogP contribution in [0.1, 0.15) is 26.7 Å². The van der Waals surface area contributed by atoms with Gasteiger partial charge in [-0.1, -0.05) is 13.8 Å². The fourth-order valence-electron chi connectivity index (χ4n) is 1.89. The average molecular weight is 198 g/mol. The summed E-state index contributed by atoms with van der Waals surface area (Å²) in [5.41, 5.74) is 0. The molecular weight excluding hydrogens is 174 g/mol. The molecule has 1 fully saturated rings. The van der Waals surface area contributed by atoms with Gasteiger partial charge in [-0.15, -0.1) is 0 Å². The summed E-state index contributed by atoms with van der Waals surface area (Å²) in [6.45, 7) is 8.77. The van der Waals surface area contributed by atoms with Gasteiger partial charge >= 0.3 is 0 Å². The number of likely N-dealkylation sites (N-methyl/N-ethyl adjacent to an activating group) is 1. The van der Waals surface area contributed by atoms with Crippen molar-refractivity contribution in [1.29, 1.82) is 0 Å². The predicted octanol–water partition coefficient (Wildman–Crippen LogP) is 0.683. The molecule has 0 spiro atoms. The highest BCUT2D eigenvalue weighted by Crippen LogP contribution is 2.09. The molecule has 0 saturated carbocycles. The van der Waals surface area contributed by atoms with E-state index in [0.717, 1.165) is 32.2 Å². The van der Waals surface area contributed by atoms with Crippen LogP contribution in [-0.2, 0) is 0 Å². The maximum atomic E-state index is 4.38. The zero-order chi connectivity index (χ0) is 10.4. The summed E-state index contributed by atoms with van der Waals surface area (Å²) in [4.78, 5) is 2.48. The number of hydrogen-bond donors (Lipinski definition) is 1. The van der Waals surface area contributed by atoms with E-state index in [1.807, 2.05) is 0 Å². The molecule has 0 aliphatic carbocycles. The molecule has 1 aliphatic heterocycles. The number of nitrogens with one attached hydrogen (secondary N) is 1. The van der Waals surface area contributed by atoms with E-state index >= 15 is 0 Å². The quantitative estimate of drug-likeness (QED) is 0.704. The molecule has 0 unspecified atom stereocenters. The zero-order valence-electron chi connectivity index (χ0n) is 9.79. The van der Waals surface area contributed by atoms with Crippen molar-refractivity contribution in [3.63, 3.8) is 0 Å². The van der Waals surface area contributed by atoms with Crippen LogP contribution in [0, 0.1) is 0 Å². The molecule has 0 bridgehead atoms. The third kappa shape index (κ3) is 4.40. The molecule has 0 aromatic heterocycles. The van der Waals surface area contributed by atoms with Gasteiger partial charge in [-0.05, 0) is 19.9 Å². The smallest absolute Gasteiger partial charge is 0.0148 e. The molecule has 1 aliphatic rings. The Hall–Kier alpha value is -0.120. The van der Waals surface area contributed by atoms with Gasteiger partial charge < -0.3 is 10.2 Å². The zero-order valence-corrected chi connectivity index (χ0v) is 9.79. The molecule has 0 atom stereocenters. The summed E-state index contributed by atoms with van der Waals surface area (Å²) in [6, 6.07) is 1.37. The van der Waals surface area contributed by atoms with Gasteiger partial charge in [-0.25, -0.2) is 5.32 Å². The predicted molar refractivity (Wildman–Crippen MR) is 60.7 cm³/mol. The Morgan fingerprint density at radius 2 is 2.00 bits per heavy atom. The minimum absolute atomic E-state index is 0.602. The van der Waals surface area contributed by atoms with Crippen LogP contribution in [0.25, 0.3) is 0 Å². The lowest BCUT2D eigenvalue weighted by Gasteiger charge is -2.31. The van der Waals surface area contributed by atoms with Crippen LogP contribution in [0.15, 0.2) is 0 Å². The highest BCUT2D eigenvalue weighted by atomic mass is 15.2. The minimum atomic E-state index is 0.602. The molecule has 14 heavy (non-hydrogen) atoms. The van der Waals surface area contributed by atoms with Gasteiger partial charge in [0.2, 0.25) is 0 Å². The average Bonchev–Trinajstić information content (AvgIpc) is 2.18. The second-order valence-corrected chi connectivity index (χ2v) is 4.49. The molecule has 1 saturated heterocycles. The topological polar surface area (TPSA) is 29.4 Å². The van der Waals surface area contributed by atoms with Crippen molar-refractivity contribution in [3.05, 3.63) is 0 Å². The van der Waals surface area contributed by atoms with Gasteiger partial charge in [0, 0.05) is 38.3 Å². The Bertz CT molecular complexity index is 141. The molecule has 1 N–H and O–H groups in total. The summed E-state index contributed by atoms with van der Waals surface area (Å²) in [6.07, 6.45) is 2.50. The van der Waals surface area contributed by atoms with Crippen molar-refractivity contribution in [2.75, 3.05) is 33.2 Å². The van der Waals surface area contributed by atoms with Gasteiger partial charge in [0.25, 0.3) is 0 Å². The Kier molecular flexibility index (Phi) is 5.45. The number of rotatable bonds is 5. The van der Waals surface area contributed by atoms with E-state index in [0.29, 0.717) is 6.04 Å². The molecule has 0 aromatic rings. The normalized spacial score (nSPS) is 19.5. The van der Waals surface area contributed by atoms with Crippen molar-refractivity contribution in [2.24, 2.45) is 0 Å². The summed E-state index contributed by atoms with van der Waals surface area (Å²) >= 11 is 0. The van der Waals surface area contributed by atoms with Crippen molar-refractivity contribution < 1.29 is 0 Å². The Morgan fingerprint density at radius 1 is 1.36 bits per heavy atom. The Labute approximate surface area is 88.2 Å². The first-order chi connectivity index (χ1) is 6.70. The second-order valence-electron chi connectivity index (χ2n) is 4.49. The van der Waals surface area contributed by atoms with E-state index < -0.39 is 0 Å². The van der Waals surface area contributed by atoms with E-state index in [4.69, 9.17) is 0 Å². The molecule has 0 amide bonds. The lowest BCUT2D eigenvalue weighted by atomic mass is 10.1. The first-order valence-corrected chi connectivity index (χ1v) is 5.77. The van der Waals surface area contributed by atoms with E-state index in [9.17, 15) is 0 Å². The van der Waals surface area contributed by atoms with Crippen LogP contribution in [0.5, 0.6) is 0 Å². The highest BCUT2D eigenvalue weighted by Gasteiger charge is 2.17. The summed E-state index contributed by atoms with van der Waals surface area (Å²) in [5.74, 6) is 0. The molecule has 83 valence electrons. The summed E-state index contributed by atoms with van der Waals surface area (Å²) in [7, 11) is 2.23. The third-order valence-electron chi connectivity index (χ3n) is 2.88. The molecule has 3 heteroatoms. The van der Waals surface area contributed by atoms with Crippen LogP contribution in [0.2, 0.25) is 0 Å². The lowest BCUT2D eigenvalue weighted by Crippen LogP contribution is -2.42. The molecule has 1 heterocycles. The second kappa shape index (κ2) is 6.38. The molecular formula is C11H24N3. The number of piperidine rings is 1. The largest absolute Gasteiger partial charge is 0.313 e. The van der Waals surface area contributed by atoms with E-state index in [1.165, 1.54) is 12.8 Å². The maximum Gasteiger partial charge on any atom is 0.0148 e. The van der Waals surface area contributed by atoms with Crippen molar-refractivity contribution in [2.45, 2.75) is 38.8 Å².